The van der Waals surface area contributed by atoms with Gasteiger partial charge in [-0.1, -0.05) is 18.3 Å². The number of nitrogens with one attached hydrogen (secondary N) is 1. The van der Waals surface area contributed by atoms with Gasteiger partial charge in [0.25, 0.3) is 0 Å². The van der Waals surface area contributed by atoms with E-state index in [0.29, 0.717) is 4.99 Å². The highest BCUT2D eigenvalue weighted by atomic mass is 32.1. The number of anilines is 2. The van der Waals surface area contributed by atoms with Gasteiger partial charge in [0.05, 0.1) is 10.4 Å². The molecule has 1 aromatic carbocycles. The molecule has 2 rings (SSSR count). The topological polar surface area (TPSA) is 58.4 Å². The Labute approximate surface area is 112 Å². The minimum absolute atomic E-state index is 0.0918. The first kappa shape index (κ1) is 12.8. The van der Waals surface area contributed by atoms with Crippen LogP contribution in [0.3, 0.4) is 0 Å². The van der Waals surface area contributed by atoms with Gasteiger partial charge in [0.15, 0.2) is 0 Å². The summed E-state index contributed by atoms with van der Waals surface area (Å²) in [5, 5.41) is 2.89. The lowest BCUT2D eigenvalue weighted by Crippen LogP contribution is -2.35. The van der Waals surface area contributed by atoms with Gasteiger partial charge in [0, 0.05) is 25.5 Å². The van der Waals surface area contributed by atoms with Crippen LogP contribution in [-0.4, -0.2) is 25.0 Å². The van der Waals surface area contributed by atoms with Crippen molar-refractivity contribution in [2.45, 2.75) is 12.8 Å². The fourth-order valence-corrected chi connectivity index (χ4v) is 2.12. The summed E-state index contributed by atoms with van der Waals surface area (Å²) in [6, 6.07) is 7.68. The van der Waals surface area contributed by atoms with Crippen molar-refractivity contribution < 1.29 is 4.79 Å². The normalized spacial score (nSPS) is 15.9. The van der Waals surface area contributed by atoms with Gasteiger partial charge in [-0.25, -0.2) is 0 Å². The average Bonchev–Trinajstić information content (AvgIpc) is 3.10. The van der Waals surface area contributed by atoms with Crippen molar-refractivity contribution in [2.75, 3.05) is 24.3 Å². The molecule has 96 valence electrons. The van der Waals surface area contributed by atoms with Crippen LogP contribution in [0.5, 0.6) is 0 Å². The lowest BCUT2D eigenvalue weighted by atomic mass is 10.1. The lowest BCUT2D eigenvalue weighted by Gasteiger charge is -2.16. The number of carbonyl (C=O) groups is 1. The first-order chi connectivity index (χ1) is 8.45. The fraction of sp³-hybridized carbons (Fsp3) is 0.385. The van der Waals surface area contributed by atoms with Crippen LogP contribution in [0.2, 0.25) is 0 Å². The summed E-state index contributed by atoms with van der Waals surface area (Å²) in [5.74, 6) is -0.0918. The quantitative estimate of drug-likeness (QED) is 0.813. The molecule has 4 nitrogen and oxygen atoms in total. The third-order valence-corrected chi connectivity index (χ3v) is 3.67. The third kappa shape index (κ3) is 2.31. The SMILES string of the molecule is CN(C)c1cccc(NC(=O)C2(C(N)=S)CC2)c1. The van der Waals surface area contributed by atoms with Crippen LogP contribution in [0.25, 0.3) is 0 Å². The molecule has 1 fully saturated rings. The number of nitrogens with zero attached hydrogens (tertiary/aromatic N) is 1. The van der Waals surface area contributed by atoms with Gasteiger partial charge in [-0.15, -0.1) is 0 Å². The van der Waals surface area contributed by atoms with Crippen LogP contribution >= 0.6 is 12.2 Å². The molecule has 1 aliphatic carbocycles. The lowest BCUT2D eigenvalue weighted by molar-refractivity contribution is -0.118. The first-order valence-corrected chi connectivity index (χ1v) is 6.25. The minimum Gasteiger partial charge on any atom is -0.392 e. The molecular formula is C13H17N3OS. The van der Waals surface area contributed by atoms with Crippen LogP contribution in [0, 0.1) is 5.41 Å². The molecule has 1 aliphatic rings. The Morgan fingerprint density at radius 1 is 1.44 bits per heavy atom. The Morgan fingerprint density at radius 2 is 2.11 bits per heavy atom. The molecule has 1 saturated carbocycles. The zero-order chi connectivity index (χ0) is 13.3. The molecule has 1 amide bonds. The van der Waals surface area contributed by atoms with Gasteiger partial charge in [-0.2, -0.15) is 0 Å². The molecule has 3 N–H and O–H groups in total. The van der Waals surface area contributed by atoms with Crippen LogP contribution in [0.15, 0.2) is 24.3 Å². The van der Waals surface area contributed by atoms with Gasteiger partial charge < -0.3 is 16.0 Å². The molecule has 0 radical (unpaired) electrons. The fourth-order valence-electron chi connectivity index (χ4n) is 1.82. The third-order valence-electron chi connectivity index (χ3n) is 3.28. The molecule has 5 heteroatoms. The molecular weight excluding hydrogens is 246 g/mol. The van der Waals surface area contributed by atoms with Crippen molar-refractivity contribution in [2.24, 2.45) is 11.1 Å². The Morgan fingerprint density at radius 3 is 2.61 bits per heavy atom. The van der Waals surface area contributed by atoms with Crippen molar-refractivity contribution >= 4 is 34.5 Å². The molecule has 0 aliphatic heterocycles. The number of thiocarbonyl (C=S) groups is 1. The van der Waals surface area contributed by atoms with E-state index < -0.39 is 5.41 Å². The maximum atomic E-state index is 12.1. The maximum Gasteiger partial charge on any atom is 0.237 e. The van der Waals surface area contributed by atoms with E-state index in [9.17, 15) is 4.79 Å². The first-order valence-electron chi connectivity index (χ1n) is 5.84. The van der Waals surface area contributed by atoms with Crippen molar-refractivity contribution in [3.05, 3.63) is 24.3 Å². The zero-order valence-corrected chi connectivity index (χ0v) is 11.4. The van der Waals surface area contributed by atoms with E-state index in [2.05, 4.69) is 5.32 Å². The standard InChI is InChI=1S/C13H17N3OS/c1-16(2)10-5-3-4-9(8-10)15-12(17)13(6-7-13)11(14)18/h3-5,8H,6-7H2,1-2H3,(H2,14,18)(H,15,17). The summed E-state index contributed by atoms with van der Waals surface area (Å²) < 4.78 is 0. The molecule has 0 spiro atoms. The molecule has 18 heavy (non-hydrogen) atoms. The monoisotopic (exact) mass is 263 g/mol. The molecule has 1 aromatic rings. The van der Waals surface area contributed by atoms with Gasteiger partial charge in [-0.05, 0) is 31.0 Å². The molecule has 0 aromatic heterocycles. The van der Waals surface area contributed by atoms with Gasteiger partial charge >= 0.3 is 0 Å². The Kier molecular flexibility index (Phi) is 3.26. The van der Waals surface area contributed by atoms with Crippen molar-refractivity contribution in [3.63, 3.8) is 0 Å². The second-order valence-electron chi connectivity index (χ2n) is 4.85. The maximum absolute atomic E-state index is 12.1. The summed E-state index contributed by atoms with van der Waals surface area (Å²) in [7, 11) is 3.91. The van der Waals surface area contributed by atoms with Gasteiger partial charge in [0.2, 0.25) is 5.91 Å². The summed E-state index contributed by atoms with van der Waals surface area (Å²) in [6.45, 7) is 0. The van der Waals surface area contributed by atoms with E-state index in [1.165, 1.54) is 0 Å². The van der Waals surface area contributed by atoms with E-state index in [4.69, 9.17) is 18.0 Å². The summed E-state index contributed by atoms with van der Waals surface area (Å²) in [6.07, 6.45) is 1.50. The van der Waals surface area contributed by atoms with E-state index in [1.54, 1.807) is 0 Å². The number of rotatable bonds is 4. The molecule has 0 atom stereocenters. The van der Waals surface area contributed by atoms with Crippen molar-refractivity contribution in [3.8, 4) is 0 Å². The number of hydrogen-bond donors (Lipinski definition) is 2. The molecule has 0 bridgehead atoms. The highest BCUT2D eigenvalue weighted by molar-refractivity contribution is 7.80. The number of amides is 1. The smallest absolute Gasteiger partial charge is 0.237 e. The summed E-state index contributed by atoms with van der Waals surface area (Å²) in [4.78, 5) is 14.4. The number of nitrogens with two attached hydrogens (primary N) is 1. The van der Waals surface area contributed by atoms with Gasteiger partial charge in [-0.3, -0.25) is 4.79 Å². The zero-order valence-electron chi connectivity index (χ0n) is 10.6. The summed E-state index contributed by atoms with van der Waals surface area (Å²) in [5.41, 5.74) is 6.83. The predicted octanol–water partition coefficient (Wildman–Crippen LogP) is 1.76. The average molecular weight is 263 g/mol. The Hall–Kier alpha value is -1.62. The van der Waals surface area contributed by atoms with Crippen LogP contribution in [0.4, 0.5) is 11.4 Å². The number of benzene rings is 1. The highest BCUT2D eigenvalue weighted by Gasteiger charge is 2.52. The largest absolute Gasteiger partial charge is 0.392 e. The van der Waals surface area contributed by atoms with E-state index in [0.717, 1.165) is 24.2 Å². The molecule has 0 heterocycles. The second kappa shape index (κ2) is 4.57. The Bertz CT molecular complexity index is 495. The van der Waals surface area contributed by atoms with E-state index in [-0.39, 0.29) is 5.91 Å². The van der Waals surface area contributed by atoms with Crippen molar-refractivity contribution in [1.29, 1.82) is 0 Å². The highest BCUT2D eigenvalue weighted by Crippen LogP contribution is 2.46. The van der Waals surface area contributed by atoms with Crippen LogP contribution < -0.4 is 16.0 Å². The van der Waals surface area contributed by atoms with E-state index in [1.807, 2.05) is 43.3 Å². The summed E-state index contributed by atoms with van der Waals surface area (Å²) >= 11 is 4.96. The number of carbonyl (C=O) groups excluding carboxylic acids is 1. The minimum atomic E-state index is -0.608. The second-order valence-corrected chi connectivity index (χ2v) is 5.29. The molecule has 0 unspecified atom stereocenters. The van der Waals surface area contributed by atoms with E-state index >= 15 is 0 Å². The van der Waals surface area contributed by atoms with Crippen molar-refractivity contribution in [1.82, 2.24) is 0 Å². The predicted molar refractivity (Wildman–Crippen MR) is 77.9 cm³/mol. The van der Waals surface area contributed by atoms with Crippen LogP contribution in [0.1, 0.15) is 12.8 Å². The Balaban J connectivity index is 2.13. The molecule has 0 saturated heterocycles. The van der Waals surface area contributed by atoms with Gasteiger partial charge in [0.1, 0.15) is 0 Å². The number of hydrogen-bond acceptors (Lipinski definition) is 3. The van der Waals surface area contributed by atoms with Crippen LogP contribution in [-0.2, 0) is 4.79 Å².